The molecule has 0 spiro atoms. The summed E-state index contributed by atoms with van der Waals surface area (Å²) in [5.41, 5.74) is 2.78. The van der Waals surface area contributed by atoms with Crippen LogP contribution in [0, 0.1) is 10.1 Å². The van der Waals surface area contributed by atoms with E-state index in [1.165, 1.54) is 19.2 Å². The number of hydrogen-bond acceptors (Lipinski definition) is 6. The molecule has 124 valence electrons. The van der Waals surface area contributed by atoms with Crippen LogP contribution < -0.4 is 10.2 Å². The van der Waals surface area contributed by atoms with E-state index in [1.807, 2.05) is 18.2 Å². The van der Waals surface area contributed by atoms with Gasteiger partial charge in [0.1, 0.15) is 0 Å². The third-order valence-electron chi connectivity index (χ3n) is 3.13. The van der Waals surface area contributed by atoms with Crippen molar-refractivity contribution in [3.63, 3.8) is 0 Å². The number of hydrogen-bond donors (Lipinski definition) is 2. The molecule has 2 aromatic rings. The first kappa shape index (κ1) is 16.9. The van der Waals surface area contributed by atoms with Crippen LogP contribution >= 0.6 is 0 Å². The standard InChI is InChI=1S/C16H15N3O5/c1-24-16-13(20)8-7-12(15(16)19(22)23)10-17-18-14(21)9-11-5-3-2-4-6-11/h2-8,10,20H,9H2,1H3,(H,18,21)/b17-10-. The van der Waals surface area contributed by atoms with Crippen molar-refractivity contribution in [3.8, 4) is 11.5 Å². The molecule has 0 aliphatic rings. The molecule has 2 rings (SSSR count). The first-order valence-corrected chi connectivity index (χ1v) is 6.93. The molecule has 0 aliphatic carbocycles. The van der Waals surface area contributed by atoms with E-state index in [0.29, 0.717) is 0 Å². The Hall–Kier alpha value is -3.42. The van der Waals surface area contributed by atoms with Crippen LogP contribution in [-0.4, -0.2) is 29.3 Å². The Morgan fingerprint density at radius 3 is 2.67 bits per heavy atom. The van der Waals surface area contributed by atoms with Crippen molar-refractivity contribution < 1.29 is 19.6 Å². The van der Waals surface area contributed by atoms with Crippen molar-refractivity contribution in [2.45, 2.75) is 6.42 Å². The number of hydrazone groups is 1. The summed E-state index contributed by atoms with van der Waals surface area (Å²) in [6.45, 7) is 0. The van der Waals surface area contributed by atoms with Gasteiger partial charge >= 0.3 is 5.69 Å². The van der Waals surface area contributed by atoms with E-state index < -0.39 is 10.6 Å². The quantitative estimate of drug-likeness (QED) is 0.478. The number of phenolic OH excluding ortho intramolecular Hbond substituents is 1. The van der Waals surface area contributed by atoms with E-state index >= 15 is 0 Å². The summed E-state index contributed by atoms with van der Waals surface area (Å²) in [6, 6.07) is 11.6. The molecule has 1 amide bonds. The van der Waals surface area contributed by atoms with Gasteiger partial charge in [-0.3, -0.25) is 14.9 Å². The number of carbonyl (C=O) groups excluding carboxylic acids is 1. The maximum Gasteiger partial charge on any atom is 0.323 e. The molecule has 2 aromatic carbocycles. The molecule has 0 unspecified atom stereocenters. The van der Waals surface area contributed by atoms with Gasteiger partial charge in [-0.05, 0) is 17.7 Å². The number of nitrogens with zero attached hydrogens (tertiary/aromatic N) is 2. The van der Waals surface area contributed by atoms with Crippen molar-refractivity contribution in [2.24, 2.45) is 5.10 Å². The Morgan fingerprint density at radius 2 is 2.04 bits per heavy atom. The molecule has 0 radical (unpaired) electrons. The van der Waals surface area contributed by atoms with Crippen LogP contribution in [0.1, 0.15) is 11.1 Å². The number of phenols is 1. The molecule has 2 N–H and O–H groups in total. The SMILES string of the molecule is COc1c(O)ccc(/C=N\NC(=O)Cc2ccccc2)c1[N+](=O)[O-]. The average Bonchev–Trinajstić information content (AvgIpc) is 2.56. The second-order valence-electron chi connectivity index (χ2n) is 4.77. The predicted octanol–water partition coefficient (Wildman–Crippen LogP) is 2.00. The zero-order chi connectivity index (χ0) is 17.5. The van der Waals surface area contributed by atoms with Crippen LogP contribution in [0.2, 0.25) is 0 Å². The van der Waals surface area contributed by atoms with Crippen molar-refractivity contribution >= 4 is 17.8 Å². The maximum absolute atomic E-state index is 11.8. The lowest BCUT2D eigenvalue weighted by Crippen LogP contribution is -2.19. The van der Waals surface area contributed by atoms with Gasteiger partial charge in [-0.25, -0.2) is 5.43 Å². The van der Waals surface area contributed by atoms with Crippen LogP contribution in [0.3, 0.4) is 0 Å². The van der Waals surface area contributed by atoms with Gasteiger partial charge in [0.2, 0.25) is 11.7 Å². The van der Waals surface area contributed by atoms with Crippen molar-refractivity contribution in [3.05, 3.63) is 63.7 Å². The summed E-state index contributed by atoms with van der Waals surface area (Å²) < 4.78 is 4.84. The predicted molar refractivity (Wildman–Crippen MR) is 87.2 cm³/mol. The molecule has 0 saturated carbocycles. The minimum absolute atomic E-state index is 0.0923. The Morgan fingerprint density at radius 1 is 1.33 bits per heavy atom. The van der Waals surface area contributed by atoms with Crippen molar-refractivity contribution in [1.29, 1.82) is 0 Å². The fourth-order valence-electron chi connectivity index (χ4n) is 2.06. The number of benzene rings is 2. The fourth-order valence-corrected chi connectivity index (χ4v) is 2.06. The highest BCUT2D eigenvalue weighted by Crippen LogP contribution is 2.37. The number of nitro benzene ring substituents is 1. The zero-order valence-corrected chi connectivity index (χ0v) is 12.8. The number of carbonyl (C=O) groups is 1. The van der Waals surface area contributed by atoms with Crippen LogP contribution in [0.25, 0.3) is 0 Å². The molecule has 0 saturated heterocycles. The number of rotatable bonds is 6. The number of nitro groups is 1. The Bertz CT molecular complexity index is 775. The van der Waals surface area contributed by atoms with E-state index in [9.17, 15) is 20.0 Å². The van der Waals surface area contributed by atoms with E-state index in [-0.39, 0.29) is 29.4 Å². The number of methoxy groups -OCH3 is 1. The summed E-state index contributed by atoms with van der Waals surface area (Å²) in [5, 5.41) is 24.5. The molecular formula is C16H15N3O5. The highest BCUT2D eigenvalue weighted by molar-refractivity contribution is 5.89. The normalized spacial score (nSPS) is 10.5. The van der Waals surface area contributed by atoms with Crippen LogP contribution in [0.5, 0.6) is 11.5 Å². The minimum atomic E-state index is -0.689. The number of aromatic hydroxyl groups is 1. The molecule has 0 aliphatic heterocycles. The van der Waals surface area contributed by atoms with Crippen molar-refractivity contribution in [2.75, 3.05) is 7.11 Å². The molecule has 24 heavy (non-hydrogen) atoms. The summed E-state index contributed by atoms with van der Waals surface area (Å²) in [6.07, 6.45) is 1.27. The monoisotopic (exact) mass is 329 g/mol. The number of nitrogens with one attached hydrogen (secondary N) is 1. The largest absolute Gasteiger partial charge is 0.504 e. The maximum atomic E-state index is 11.8. The number of amides is 1. The van der Waals surface area contributed by atoms with Gasteiger partial charge in [0.05, 0.1) is 30.2 Å². The van der Waals surface area contributed by atoms with E-state index in [0.717, 1.165) is 11.8 Å². The third-order valence-corrected chi connectivity index (χ3v) is 3.13. The van der Waals surface area contributed by atoms with Gasteiger partial charge in [-0.1, -0.05) is 30.3 Å². The molecule has 0 fully saturated rings. The summed E-state index contributed by atoms with van der Waals surface area (Å²) >= 11 is 0. The van der Waals surface area contributed by atoms with Gasteiger partial charge < -0.3 is 9.84 Å². The molecule has 8 nitrogen and oxygen atoms in total. The molecular weight excluding hydrogens is 314 g/mol. The van der Waals surface area contributed by atoms with Gasteiger partial charge in [0.25, 0.3) is 0 Å². The average molecular weight is 329 g/mol. The zero-order valence-electron chi connectivity index (χ0n) is 12.8. The summed E-state index contributed by atoms with van der Waals surface area (Å²) in [7, 11) is 1.21. The highest BCUT2D eigenvalue weighted by Gasteiger charge is 2.23. The molecule has 0 bridgehead atoms. The van der Waals surface area contributed by atoms with Crippen LogP contribution in [0.15, 0.2) is 47.6 Å². The lowest BCUT2D eigenvalue weighted by atomic mass is 10.1. The smallest absolute Gasteiger partial charge is 0.323 e. The van der Waals surface area contributed by atoms with Gasteiger partial charge in [-0.15, -0.1) is 0 Å². The highest BCUT2D eigenvalue weighted by atomic mass is 16.6. The topological polar surface area (TPSA) is 114 Å². The second-order valence-corrected chi connectivity index (χ2v) is 4.77. The van der Waals surface area contributed by atoms with E-state index in [4.69, 9.17) is 4.74 Å². The fraction of sp³-hybridized carbons (Fsp3) is 0.125. The molecule has 8 heteroatoms. The molecule has 0 atom stereocenters. The first-order valence-electron chi connectivity index (χ1n) is 6.93. The minimum Gasteiger partial charge on any atom is -0.504 e. The first-order chi connectivity index (χ1) is 11.5. The Kier molecular flexibility index (Phi) is 5.45. The summed E-state index contributed by atoms with van der Waals surface area (Å²) in [5.74, 6) is -0.972. The summed E-state index contributed by atoms with van der Waals surface area (Å²) in [4.78, 5) is 22.2. The van der Waals surface area contributed by atoms with Crippen LogP contribution in [0.4, 0.5) is 5.69 Å². The lowest BCUT2D eigenvalue weighted by Gasteiger charge is -2.06. The van der Waals surface area contributed by atoms with Crippen molar-refractivity contribution in [1.82, 2.24) is 5.43 Å². The molecule has 0 aromatic heterocycles. The van der Waals surface area contributed by atoms with E-state index in [2.05, 4.69) is 10.5 Å². The van der Waals surface area contributed by atoms with Crippen LogP contribution in [-0.2, 0) is 11.2 Å². The Labute approximate surface area is 137 Å². The van der Waals surface area contributed by atoms with E-state index in [1.54, 1.807) is 12.1 Å². The molecule has 0 heterocycles. The number of ether oxygens (including phenoxy) is 1. The Balaban J connectivity index is 2.12. The van der Waals surface area contributed by atoms with Gasteiger partial charge in [0.15, 0.2) is 5.75 Å². The van der Waals surface area contributed by atoms with Gasteiger partial charge in [-0.2, -0.15) is 5.10 Å². The lowest BCUT2D eigenvalue weighted by molar-refractivity contribution is -0.386. The second kappa shape index (κ2) is 7.73. The third kappa shape index (κ3) is 4.07. The van der Waals surface area contributed by atoms with Gasteiger partial charge in [0, 0.05) is 0 Å².